The zero-order valence-electron chi connectivity index (χ0n) is 4.70. The van der Waals surface area contributed by atoms with Crippen molar-refractivity contribution < 1.29 is 18.1 Å². The fraction of sp³-hybridized carbons (Fsp3) is 1.00. The molecule has 0 saturated carbocycles. The normalized spacial score (nSPS) is 13.6. The van der Waals surface area contributed by atoms with Gasteiger partial charge in [0.25, 0.3) is 0 Å². The summed E-state index contributed by atoms with van der Waals surface area (Å²) < 4.78 is 23.3. The topological polar surface area (TPSA) is 81.6 Å². The Hall–Kier alpha value is -0.0100. The zero-order valence-corrected chi connectivity index (χ0v) is 5.52. The van der Waals surface area contributed by atoms with E-state index < -0.39 is 11.4 Å². The highest BCUT2D eigenvalue weighted by Crippen LogP contribution is 1.72. The van der Waals surface area contributed by atoms with Crippen molar-refractivity contribution in [3.8, 4) is 0 Å². The minimum absolute atomic E-state index is 0.0329. The van der Waals surface area contributed by atoms with Gasteiger partial charge in [-0.05, 0) is 0 Å². The van der Waals surface area contributed by atoms with E-state index in [1.54, 1.807) is 0 Å². The Morgan fingerprint density at radius 2 is 2.44 bits per heavy atom. The monoisotopic (exact) mass is 154 g/mol. The number of rotatable bonds is 5. The third kappa shape index (κ3) is 7.99. The van der Waals surface area contributed by atoms with Gasteiger partial charge in [0.05, 0.1) is 18.0 Å². The predicted octanol–water partition coefficient (Wildman–Crippen LogP) is -1.66. The Balaban J connectivity index is 2.83. The van der Waals surface area contributed by atoms with Gasteiger partial charge in [-0.2, -0.15) is 0 Å². The molecule has 0 heterocycles. The van der Waals surface area contributed by atoms with Crippen LogP contribution >= 0.6 is 0 Å². The molecule has 0 aliphatic rings. The smallest absolute Gasteiger partial charge is 0.113 e. The molecule has 0 aliphatic heterocycles. The molecule has 0 aromatic carbocycles. The summed E-state index contributed by atoms with van der Waals surface area (Å²) >= 11 is -2.46. The number of aliphatic hydroxyl groups is 1. The van der Waals surface area contributed by atoms with Crippen LogP contribution in [-0.2, 0) is 15.5 Å². The van der Waals surface area contributed by atoms with Crippen LogP contribution in [0.15, 0.2) is 0 Å². The van der Waals surface area contributed by atoms with E-state index >= 15 is 0 Å². The van der Waals surface area contributed by atoms with Crippen LogP contribution in [0.1, 0.15) is 0 Å². The third-order valence-corrected chi connectivity index (χ3v) is 0.856. The molecule has 1 unspecified atom stereocenters. The van der Waals surface area contributed by atoms with E-state index in [0.29, 0.717) is 6.54 Å². The molecule has 0 saturated heterocycles. The van der Waals surface area contributed by atoms with Crippen LogP contribution in [0.25, 0.3) is 0 Å². The van der Waals surface area contributed by atoms with Gasteiger partial charge in [0.2, 0.25) is 0 Å². The van der Waals surface area contributed by atoms with E-state index in [4.69, 9.17) is 5.11 Å². The predicted molar refractivity (Wildman–Crippen MR) is 30.0 cm³/mol. The second-order valence-electron chi connectivity index (χ2n) is 1.19. The van der Waals surface area contributed by atoms with Gasteiger partial charge in [0.15, 0.2) is 0 Å². The van der Waals surface area contributed by atoms with Crippen LogP contribution in [0, 0.1) is 0 Å². The lowest BCUT2D eigenvalue weighted by Crippen LogP contribution is -2.21. The number of hydrogen-bond acceptors (Lipinski definition) is 5. The average Bonchev–Trinajstić information content (AvgIpc) is 1.80. The van der Waals surface area contributed by atoms with Crippen molar-refractivity contribution in [3.63, 3.8) is 0 Å². The molecular weight excluding hydrogens is 146 g/mol. The molecule has 56 valence electrons. The van der Waals surface area contributed by atoms with Gasteiger partial charge in [-0.1, -0.05) is 0 Å². The lowest BCUT2D eigenvalue weighted by Gasteiger charge is -2.04. The average molecular weight is 154 g/mol. The van der Waals surface area contributed by atoms with Crippen molar-refractivity contribution >= 4 is 11.4 Å². The number of aliphatic hydroxyl groups excluding tert-OH is 1. The Bertz CT molecular complexity index is 87.9. The molecule has 0 rings (SSSR count). The molecule has 0 spiro atoms. The molecule has 0 radical (unpaired) electrons. The summed E-state index contributed by atoms with van der Waals surface area (Å²) in [6.07, 6.45) is 0. The summed E-state index contributed by atoms with van der Waals surface area (Å²) in [6, 6.07) is 0. The van der Waals surface area contributed by atoms with Crippen molar-refractivity contribution in [1.82, 2.24) is 5.32 Å². The Morgan fingerprint density at radius 3 is 2.89 bits per heavy atom. The zero-order chi connectivity index (χ0) is 7.11. The summed E-state index contributed by atoms with van der Waals surface area (Å²) in [5, 5.41) is 10.7. The molecule has 6 heteroatoms. The largest absolute Gasteiger partial charge is 0.750 e. The minimum atomic E-state index is -2.46. The molecule has 0 fully saturated rings. The fourth-order valence-corrected chi connectivity index (χ4v) is 0.421. The van der Waals surface area contributed by atoms with Crippen LogP contribution < -0.4 is 5.32 Å². The maximum absolute atomic E-state index is 9.64. The highest BCUT2D eigenvalue weighted by Gasteiger charge is 1.82. The van der Waals surface area contributed by atoms with E-state index in [-0.39, 0.29) is 13.3 Å². The third-order valence-electron chi connectivity index (χ3n) is 0.546. The van der Waals surface area contributed by atoms with Crippen molar-refractivity contribution in [3.05, 3.63) is 0 Å². The quantitative estimate of drug-likeness (QED) is 0.281. The summed E-state index contributed by atoms with van der Waals surface area (Å²) in [4.78, 5) is 0. The first-order chi connectivity index (χ1) is 4.27. The van der Waals surface area contributed by atoms with Gasteiger partial charge in [0, 0.05) is 6.54 Å². The fourth-order valence-electron chi connectivity index (χ4n) is 0.241. The van der Waals surface area contributed by atoms with Crippen molar-refractivity contribution in [2.75, 3.05) is 19.9 Å². The van der Waals surface area contributed by atoms with Gasteiger partial charge in [0.1, 0.15) is 6.73 Å². The van der Waals surface area contributed by atoms with Crippen LogP contribution in [0.3, 0.4) is 0 Å². The van der Waals surface area contributed by atoms with E-state index in [9.17, 15) is 8.76 Å². The SMILES string of the molecule is O=S([O-])OCNCCO. The maximum Gasteiger partial charge on any atom is 0.113 e. The summed E-state index contributed by atoms with van der Waals surface area (Å²) in [6.45, 7) is 0.211. The minimum Gasteiger partial charge on any atom is -0.750 e. The first kappa shape index (κ1) is 8.99. The molecule has 2 N–H and O–H groups in total. The van der Waals surface area contributed by atoms with E-state index in [1.165, 1.54) is 0 Å². The van der Waals surface area contributed by atoms with Crippen molar-refractivity contribution in [2.45, 2.75) is 0 Å². The molecule has 9 heavy (non-hydrogen) atoms. The first-order valence-electron chi connectivity index (χ1n) is 2.31. The summed E-state index contributed by atoms with van der Waals surface area (Å²) in [5.74, 6) is 0. The van der Waals surface area contributed by atoms with Gasteiger partial charge in [-0.3, -0.25) is 9.50 Å². The van der Waals surface area contributed by atoms with Gasteiger partial charge < -0.3 is 9.66 Å². The van der Waals surface area contributed by atoms with Crippen LogP contribution in [0.2, 0.25) is 0 Å². The maximum atomic E-state index is 9.64. The number of hydrogen-bond donors (Lipinski definition) is 2. The molecule has 0 aromatic heterocycles. The van der Waals surface area contributed by atoms with Crippen LogP contribution in [-0.4, -0.2) is 33.8 Å². The highest BCUT2D eigenvalue weighted by molar-refractivity contribution is 7.74. The van der Waals surface area contributed by atoms with Gasteiger partial charge >= 0.3 is 0 Å². The molecule has 0 aliphatic carbocycles. The van der Waals surface area contributed by atoms with Crippen molar-refractivity contribution in [2.24, 2.45) is 0 Å². The highest BCUT2D eigenvalue weighted by atomic mass is 32.2. The first-order valence-corrected chi connectivity index (χ1v) is 3.31. The van der Waals surface area contributed by atoms with Crippen LogP contribution in [0.4, 0.5) is 0 Å². The van der Waals surface area contributed by atoms with Gasteiger partial charge in [-0.15, -0.1) is 0 Å². The second kappa shape index (κ2) is 6.12. The molecule has 1 atom stereocenters. The summed E-state index contributed by atoms with van der Waals surface area (Å²) in [7, 11) is 0. The number of nitrogens with one attached hydrogen (secondary N) is 1. The van der Waals surface area contributed by atoms with E-state index in [1.807, 2.05) is 0 Å². The Labute approximate surface area is 55.5 Å². The van der Waals surface area contributed by atoms with Crippen LogP contribution in [0.5, 0.6) is 0 Å². The standard InChI is InChI=1S/C3H9NO4S/c5-2-1-4-3-8-9(6)7/h4-5H,1-3H2,(H,6,7)/p-1. The lowest BCUT2D eigenvalue weighted by molar-refractivity contribution is 0.241. The van der Waals surface area contributed by atoms with E-state index in [0.717, 1.165) is 0 Å². The van der Waals surface area contributed by atoms with E-state index in [2.05, 4.69) is 9.50 Å². The van der Waals surface area contributed by atoms with Crippen molar-refractivity contribution in [1.29, 1.82) is 0 Å². The summed E-state index contributed by atoms with van der Waals surface area (Å²) in [5.41, 5.74) is 0. The lowest BCUT2D eigenvalue weighted by atomic mass is 10.7. The Kier molecular flexibility index (Phi) is 6.11. The van der Waals surface area contributed by atoms with Gasteiger partial charge in [-0.25, -0.2) is 4.21 Å². The molecule has 0 aromatic rings. The Morgan fingerprint density at radius 1 is 1.78 bits per heavy atom. The molecule has 0 bridgehead atoms. The molecular formula is C3H8NO4S-. The molecule has 0 amide bonds. The second-order valence-corrected chi connectivity index (χ2v) is 1.83. The molecule has 5 nitrogen and oxygen atoms in total.